The summed E-state index contributed by atoms with van der Waals surface area (Å²) in [5.74, 6) is 0.694. The van der Waals surface area contributed by atoms with Gasteiger partial charge in [0.2, 0.25) is 0 Å². The van der Waals surface area contributed by atoms with Crippen molar-refractivity contribution in [2.75, 3.05) is 11.6 Å². The number of ether oxygens (including phenoxy) is 1. The van der Waals surface area contributed by atoms with Gasteiger partial charge in [-0.15, -0.1) is 0 Å². The number of hydrogen-bond donors (Lipinski definition) is 1. The fraction of sp³-hybridized carbons (Fsp3) is 0.278. The topological polar surface area (TPSA) is 41.6 Å². The summed E-state index contributed by atoms with van der Waals surface area (Å²) in [5, 5.41) is 1.84. The molecule has 0 aliphatic carbocycles. The zero-order valence-corrected chi connectivity index (χ0v) is 12.9. The van der Waals surface area contributed by atoms with Gasteiger partial charge < -0.3 is 4.74 Å². The Bertz CT molecular complexity index is 642. The molecule has 4 nitrogen and oxygen atoms in total. The van der Waals surface area contributed by atoms with Gasteiger partial charge in [-0.3, -0.25) is 15.2 Å². The molecule has 0 saturated carbocycles. The number of amides is 1. The first-order chi connectivity index (χ1) is 10.7. The lowest BCUT2D eigenvalue weighted by Crippen LogP contribution is -2.48. The number of fused-ring (bicyclic) bond motifs is 1. The minimum atomic E-state index is -0.461. The smallest absolute Gasteiger partial charge is 0.279 e. The number of rotatable bonds is 4. The lowest BCUT2D eigenvalue weighted by molar-refractivity contribution is -0.127. The third-order valence-electron chi connectivity index (χ3n) is 3.85. The number of para-hydroxylation sites is 1. The van der Waals surface area contributed by atoms with E-state index in [9.17, 15) is 4.79 Å². The van der Waals surface area contributed by atoms with E-state index in [0.29, 0.717) is 13.0 Å². The predicted molar refractivity (Wildman–Crippen MR) is 86.9 cm³/mol. The van der Waals surface area contributed by atoms with E-state index in [1.54, 1.807) is 0 Å². The van der Waals surface area contributed by atoms with Crippen LogP contribution in [0.4, 0.5) is 5.69 Å². The molecule has 0 aromatic heterocycles. The van der Waals surface area contributed by atoms with Crippen LogP contribution in [0.3, 0.4) is 0 Å². The molecule has 1 aliphatic rings. The van der Waals surface area contributed by atoms with Crippen LogP contribution in [0.25, 0.3) is 0 Å². The second-order valence-corrected chi connectivity index (χ2v) is 5.47. The molecule has 1 atom stereocenters. The lowest BCUT2D eigenvalue weighted by atomic mass is 10.1. The molecule has 2 aromatic rings. The van der Waals surface area contributed by atoms with Gasteiger partial charge in [0, 0.05) is 13.0 Å². The van der Waals surface area contributed by atoms with Gasteiger partial charge in [0.25, 0.3) is 5.91 Å². The standard InChI is InChI=1S/C18H20N2O2/c1-3-20(15-10-8-13(2)9-11-15)19-18(21)17-12-14-6-4-5-7-16(14)22-17/h4-11,17H,3,12H2,1-2H3,(H,19,21)/t17-/m1/s1. The Morgan fingerprint density at radius 1 is 1.23 bits per heavy atom. The number of hydrazine groups is 1. The molecule has 1 amide bonds. The van der Waals surface area contributed by atoms with Crippen LogP contribution in [0.5, 0.6) is 5.75 Å². The van der Waals surface area contributed by atoms with Crippen molar-refractivity contribution in [3.05, 3.63) is 59.7 Å². The van der Waals surface area contributed by atoms with E-state index in [4.69, 9.17) is 4.74 Å². The Kier molecular flexibility index (Phi) is 4.00. The molecular formula is C18H20N2O2. The van der Waals surface area contributed by atoms with Crippen molar-refractivity contribution in [2.24, 2.45) is 0 Å². The van der Waals surface area contributed by atoms with Crippen molar-refractivity contribution in [1.29, 1.82) is 0 Å². The Morgan fingerprint density at radius 3 is 2.64 bits per heavy atom. The Hall–Kier alpha value is -2.49. The Labute approximate surface area is 130 Å². The van der Waals surface area contributed by atoms with E-state index < -0.39 is 6.10 Å². The maximum atomic E-state index is 12.4. The highest BCUT2D eigenvalue weighted by Crippen LogP contribution is 2.28. The second-order valence-electron chi connectivity index (χ2n) is 5.47. The summed E-state index contributed by atoms with van der Waals surface area (Å²) in [6.45, 7) is 4.74. The average Bonchev–Trinajstić information content (AvgIpc) is 2.97. The molecule has 114 valence electrons. The van der Waals surface area contributed by atoms with E-state index in [2.05, 4.69) is 5.43 Å². The van der Waals surface area contributed by atoms with Gasteiger partial charge in [-0.25, -0.2) is 0 Å². The maximum absolute atomic E-state index is 12.4. The number of nitrogens with zero attached hydrogens (tertiary/aromatic N) is 1. The normalized spacial score (nSPS) is 15.8. The van der Waals surface area contributed by atoms with Crippen molar-refractivity contribution in [1.82, 2.24) is 5.43 Å². The van der Waals surface area contributed by atoms with Crippen LogP contribution in [0.1, 0.15) is 18.1 Å². The van der Waals surface area contributed by atoms with Gasteiger partial charge in [-0.2, -0.15) is 0 Å². The largest absolute Gasteiger partial charge is 0.480 e. The van der Waals surface area contributed by atoms with Gasteiger partial charge in [0.1, 0.15) is 5.75 Å². The number of benzene rings is 2. The molecule has 1 N–H and O–H groups in total. The van der Waals surface area contributed by atoms with E-state index in [1.165, 1.54) is 5.56 Å². The molecule has 0 spiro atoms. The highest BCUT2D eigenvalue weighted by molar-refractivity contribution is 5.84. The molecule has 4 heteroatoms. The fourth-order valence-electron chi connectivity index (χ4n) is 2.58. The third kappa shape index (κ3) is 2.91. The Balaban J connectivity index is 1.67. The molecule has 3 rings (SSSR count). The number of carbonyl (C=O) groups is 1. The SMILES string of the molecule is CCN(NC(=O)[C@H]1Cc2ccccc2O1)c1ccc(C)cc1. The van der Waals surface area contributed by atoms with Crippen LogP contribution in [0.2, 0.25) is 0 Å². The first-order valence-corrected chi connectivity index (χ1v) is 7.56. The van der Waals surface area contributed by atoms with Crippen molar-refractivity contribution in [2.45, 2.75) is 26.4 Å². The van der Waals surface area contributed by atoms with Crippen LogP contribution in [0.15, 0.2) is 48.5 Å². The fourth-order valence-corrected chi connectivity index (χ4v) is 2.58. The molecule has 0 unspecified atom stereocenters. The van der Waals surface area contributed by atoms with E-state index >= 15 is 0 Å². The highest BCUT2D eigenvalue weighted by Gasteiger charge is 2.29. The third-order valence-corrected chi connectivity index (χ3v) is 3.85. The molecule has 1 aliphatic heterocycles. The maximum Gasteiger partial charge on any atom is 0.279 e. The molecule has 22 heavy (non-hydrogen) atoms. The number of nitrogens with one attached hydrogen (secondary N) is 1. The van der Waals surface area contributed by atoms with Gasteiger partial charge in [0.15, 0.2) is 6.10 Å². The summed E-state index contributed by atoms with van der Waals surface area (Å²) in [5.41, 5.74) is 6.20. The van der Waals surface area contributed by atoms with Crippen LogP contribution in [-0.4, -0.2) is 18.6 Å². The first-order valence-electron chi connectivity index (χ1n) is 7.56. The van der Waals surface area contributed by atoms with E-state index in [1.807, 2.05) is 67.4 Å². The second kappa shape index (κ2) is 6.10. The summed E-state index contributed by atoms with van der Waals surface area (Å²) >= 11 is 0. The minimum absolute atomic E-state index is 0.112. The monoisotopic (exact) mass is 296 g/mol. The van der Waals surface area contributed by atoms with E-state index in [0.717, 1.165) is 17.0 Å². The minimum Gasteiger partial charge on any atom is -0.480 e. The highest BCUT2D eigenvalue weighted by atomic mass is 16.5. The number of aryl methyl sites for hydroxylation is 1. The average molecular weight is 296 g/mol. The van der Waals surface area contributed by atoms with Gasteiger partial charge >= 0.3 is 0 Å². The van der Waals surface area contributed by atoms with Gasteiger partial charge in [-0.1, -0.05) is 35.9 Å². The molecule has 0 bridgehead atoms. The molecule has 1 heterocycles. The quantitative estimate of drug-likeness (QED) is 0.882. The zero-order chi connectivity index (χ0) is 15.5. The number of anilines is 1. The van der Waals surface area contributed by atoms with Crippen LogP contribution >= 0.6 is 0 Å². The predicted octanol–water partition coefficient (Wildman–Crippen LogP) is 2.86. The van der Waals surface area contributed by atoms with Crippen molar-refractivity contribution >= 4 is 11.6 Å². The number of hydrogen-bond acceptors (Lipinski definition) is 3. The first kappa shape index (κ1) is 14.4. The zero-order valence-electron chi connectivity index (χ0n) is 12.9. The number of carbonyl (C=O) groups excluding carboxylic acids is 1. The van der Waals surface area contributed by atoms with Gasteiger partial charge in [-0.05, 0) is 37.6 Å². The summed E-state index contributed by atoms with van der Waals surface area (Å²) in [6.07, 6.45) is 0.157. The summed E-state index contributed by atoms with van der Waals surface area (Å²) < 4.78 is 5.73. The van der Waals surface area contributed by atoms with Crippen LogP contribution in [-0.2, 0) is 11.2 Å². The van der Waals surface area contributed by atoms with Crippen molar-refractivity contribution < 1.29 is 9.53 Å². The van der Waals surface area contributed by atoms with E-state index in [-0.39, 0.29) is 5.91 Å². The van der Waals surface area contributed by atoms with Crippen molar-refractivity contribution in [3.63, 3.8) is 0 Å². The Morgan fingerprint density at radius 2 is 1.95 bits per heavy atom. The molecule has 2 aromatic carbocycles. The van der Waals surface area contributed by atoms with Crippen molar-refractivity contribution in [3.8, 4) is 5.75 Å². The molecule has 0 fully saturated rings. The summed E-state index contributed by atoms with van der Waals surface area (Å²) in [4.78, 5) is 12.4. The summed E-state index contributed by atoms with van der Waals surface area (Å²) in [6, 6.07) is 15.9. The van der Waals surface area contributed by atoms with Crippen LogP contribution in [0, 0.1) is 6.92 Å². The summed E-state index contributed by atoms with van der Waals surface area (Å²) in [7, 11) is 0. The lowest BCUT2D eigenvalue weighted by Gasteiger charge is -2.25. The van der Waals surface area contributed by atoms with Crippen LogP contribution < -0.4 is 15.2 Å². The van der Waals surface area contributed by atoms with Gasteiger partial charge in [0.05, 0.1) is 5.69 Å². The molecular weight excluding hydrogens is 276 g/mol. The molecule has 0 radical (unpaired) electrons. The molecule has 0 saturated heterocycles.